The standard InChI is InChI=1S/C16H20BrNO3/c1-5-20-15(19)10-16(2,18(3)4)14-9-11-8-12(17)6-7-13(11)21-14/h6-9H,5,10H2,1-4H3. The van der Waals surface area contributed by atoms with Crippen molar-refractivity contribution in [1.82, 2.24) is 4.90 Å². The van der Waals surface area contributed by atoms with Crippen molar-refractivity contribution in [3.63, 3.8) is 0 Å². The lowest BCUT2D eigenvalue weighted by Gasteiger charge is -2.33. The zero-order valence-corrected chi connectivity index (χ0v) is 14.4. The van der Waals surface area contributed by atoms with Crippen LogP contribution in [-0.2, 0) is 15.1 Å². The summed E-state index contributed by atoms with van der Waals surface area (Å²) in [5.74, 6) is 0.531. The molecule has 0 amide bonds. The number of carbonyl (C=O) groups excluding carboxylic acids is 1. The molecule has 0 fully saturated rings. The van der Waals surface area contributed by atoms with Gasteiger partial charge in [-0.05, 0) is 52.2 Å². The summed E-state index contributed by atoms with van der Waals surface area (Å²) in [5, 5.41) is 1.01. The maximum absolute atomic E-state index is 11.9. The molecule has 2 rings (SSSR count). The zero-order chi connectivity index (χ0) is 15.6. The highest BCUT2D eigenvalue weighted by Crippen LogP contribution is 2.35. The molecular formula is C16H20BrNO3. The molecule has 114 valence electrons. The van der Waals surface area contributed by atoms with Crippen LogP contribution in [-0.4, -0.2) is 31.6 Å². The molecule has 0 spiro atoms. The largest absolute Gasteiger partial charge is 0.466 e. The van der Waals surface area contributed by atoms with Gasteiger partial charge in [0.25, 0.3) is 0 Å². The summed E-state index contributed by atoms with van der Waals surface area (Å²) in [4.78, 5) is 13.9. The molecular weight excluding hydrogens is 334 g/mol. The van der Waals surface area contributed by atoms with Crippen LogP contribution in [0.15, 0.2) is 33.2 Å². The Labute approximate surface area is 133 Å². The van der Waals surface area contributed by atoms with Crippen LogP contribution in [0.5, 0.6) is 0 Å². The number of esters is 1. The van der Waals surface area contributed by atoms with Crippen molar-refractivity contribution in [2.75, 3.05) is 20.7 Å². The smallest absolute Gasteiger partial charge is 0.308 e. The fraction of sp³-hybridized carbons (Fsp3) is 0.438. The molecule has 0 aliphatic rings. The van der Waals surface area contributed by atoms with E-state index in [0.29, 0.717) is 6.61 Å². The fourth-order valence-corrected chi connectivity index (χ4v) is 2.62. The minimum Gasteiger partial charge on any atom is -0.466 e. The van der Waals surface area contributed by atoms with Gasteiger partial charge in [0.05, 0.1) is 18.6 Å². The topological polar surface area (TPSA) is 42.7 Å². The highest BCUT2D eigenvalue weighted by atomic mass is 79.9. The molecule has 0 radical (unpaired) electrons. The summed E-state index contributed by atoms with van der Waals surface area (Å²) in [5.41, 5.74) is 0.266. The Morgan fingerprint density at radius 2 is 2.10 bits per heavy atom. The number of hydrogen-bond donors (Lipinski definition) is 0. The van der Waals surface area contributed by atoms with Gasteiger partial charge in [-0.2, -0.15) is 0 Å². The first kappa shape index (κ1) is 16.0. The highest BCUT2D eigenvalue weighted by Gasteiger charge is 2.36. The number of benzene rings is 1. The average molecular weight is 354 g/mol. The van der Waals surface area contributed by atoms with Crippen molar-refractivity contribution >= 4 is 32.9 Å². The lowest BCUT2D eigenvalue weighted by atomic mass is 9.93. The number of fused-ring (bicyclic) bond motifs is 1. The Hall–Kier alpha value is -1.33. The third-order valence-corrected chi connectivity index (χ3v) is 4.28. The number of rotatable bonds is 5. The molecule has 21 heavy (non-hydrogen) atoms. The van der Waals surface area contributed by atoms with E-state index < -0.39 is 5.54 Å². The molecule has 0 aliphatic heterocycles. The van der Waals surface area contributed by atoms with Gasteiger partial charge in [0.2, 0.25) is 0 Å². The number of nitrogens with zero attached hydrogens (tertiary/aromatic N) is 1. The van der Waals surface area contributed by atoms with Gasteiger partial charge < -0.3 is 9.15 Å². The number of carbonyl (C=O) groups is 1. The van der Waals surface area contributed by atoms with E-state index in [-0.39, 0.29) is 12.4 Å². The Morgan fingerprint density at radius 1 is 1.38 bits per heavy atom. The summed E-state index contributed by atoms with van der Waals surface area (Å²) in [6.45, 7) is 4.18. The maximum Gasteiger partial charge on any atom is 0.308 e. The second-order valence-electron chi connectivity index (χ2n) is 5.44. The van der Waals surface area contributed by atoms with E-state index in [2.05, 4.69) is 15.9 Å². The summed E-state index contributed by atoms with van der Waals surface area (Å²) in [6.07, 6.45) is 0.245. The molecule has 2 aromatic rings. The Bertz CT molecular complexity index is 650. The van der Waals surface area contributed by atoms with Crippen LogP contribution in [0, 0.1) is 0 Å². The first-order valence-electron chi connectivity index (χ1n) is 6.89. The van der Waals surface area contributed by atoms with E-state index in [1.807, 2.05) is 57.1 Å². The van der Waals surface area contributed by atoms with Crippen LogP contribution in [0.4, 0.5) is 0 Å². The lowest BCUT2D eigenvalue weighted by molar-refractivity contribution is -0.146. The lowest BCUT2D eigenvalue weighted by Crippen LogP contribution is -2.40. The van der Waals surface area contributed by atoms with Gasteiger partial charge in [0.1, 0.15) is 11.3 Å². The fourth-order valence-electron chi connectivity index (χ4n) is 2.24. The van der Waals surface area contributed by atoms with Gasteiger partial charge in [-0.25, -0.2) is 0 Å². The maximum atomic E-state index is 11.9. The van der Waals surface area contributed by atoms with E-state index in [4.69, 9.17) is 9.15 Å². The molecule has 0 N–H and O–H groups in total. The van der Waals surface area contributed by atoms with Crippen LogP contribution < -0.4 is 0 Å². The van der Waals surface area contributed by atoms with Crippen LogP contribution in [0.3, 0.4) is 0 Å². The number of hydrogen-bond acceptors (Lipinski definition) is 4. The number of halogens is 1. The number of furan rings is 1. The van der Waals surface area contributed by atoms with E-state index in [9.17, 15) is 4.79 Å². The van der Waals surface area contributed by atoms with Gasteiger partial charge in [-0.1, -0.05) is 15.9 Å². The predicted molar refractivity (Wildman–Crippen MR) is 86.2 cm³/mol. The Morgan fingerprint density at radius 3 is 2.71 bits per heavy atom. The Kier molecular flexibility index (Phi) is 4.74. The average Bonchev–Trinajstić information content (AvgIpc) is 2.81. The molecule has 0 saturated heterocycles. The third-order valence-electron chi connectivity index (χ3n) is 3.79. The van der Waals surface area contributed by atoms with E-state index in [1.165, 1.54) is 0 Å². The number of ether oxygens (including phenoxy) is 1. The van der Waals surface area contributed by atoms with Gasteiger partial charge in [-0.3, -0.25) is 9.69 Å². The van der Waals surface area contributed by atoms with E-state index in [1.54, 1.807) is 0 Å². The second kappa shape index (κ2) is 6.20. The first-order valence-corrected chi connectivity index (χ1v) is 7.68. The first-order chi connectivity index (χ1) is 9.86. The zero-order valence-electron chi connectivity index (χ0n) is 12.8. The Balaban J connectivity index is 2.41. The second-order valence-corrected chi connectivity index (χ2v) is 6.36. The van der Waals surface area contributed by atoms with Crippen molar-refractivity contribution in [3.8, 4) is 0 Å². The monoisotopic (exact) mass is 353 g/mol. The normalized spacial score (nSPS) is 14.4. The molecule has 1 unspecified atom stereocenters. The molecule has 1 aromatic heterocycles. The van der Waals surface area contributed by atoms with Gasteiger partial charge in [0.15, 0.2) is 0 Å². The molecule has 0 saturated carbocycles. The van der Waals surface area contributed by atoms with Crippen LogP contribution >= 0.6 is 15.9 Å². The van der Waals surface area contributed by atoms with Gasteiger partial charge in [-0.15, -0.1) is 0 Å². The molecule has 4 nitrogen and oxygen atoms in total. The van der Waals surface area contributed by atoms with Crippen molar-refractivity contribution < 1.29 is 13.9 Å². The van der Waals surface area contributed by atoms with Crippen molar-refractivity contribution in [3.05, 3.63) is 34.5 Å². The van der Waals surface area contributed by atoms with Crippen molar-refractivity contribution in [2.24, 2.45) is 0 Å². The summed E-state index contributed by atoms with van der Waals surface area (Å²) >= 11 is 3.46. The van der Waals surface area contributed by atoms with Gasteiger partial charge >= 0.3 is 5.97 Å². The molecule has 0 bridgehead atoms. The summed E-state index contributed by atoms with van der Waals surface area (Å²) in [7, 11) is 3.87. The van der Waals surface area contributed by atoms with E-state index >= 15 is 0 Å². The van der Waals surface area contributed by atoms with Crippen molar-refractivity contribution in [1.29, 1.82) is 0 Å². The van der Waals surface area contributed by atoms with Gasteiger partial charge in [0, 0.05) is 9.86 Å². The molecule has 1 heterocycles. The van der Waals surface area contributed by atoms with Crippen LogP contribution in [0.25, 0.3) is 11.0 Å². The van der Waals surface area contributed by atoms with Crippen molar-refractivity contribution in [2.45, 2.75) is 25.8 Å². The summed E-state index contributed by atoms with van der Waals surface area (Å²) < 4.78 is 12.0. The van der Waals surface area contributed by atoms with Crippen LogP contribution in [0.2, 0.25) is 0 Å². The third kappa shape index (κ3) is 3.30. The minimum atomic E-state index is -0.544. The highest BCUT2D eigenvalue weighted by molar-refractivity contribution is 9.10. The molecule has 1 atom stereocenters. The predicted octanol–water partition coefficient (Wildman–Crippen LogP) is 3.93. The van der Waals surface area contributed by atoms with E-state index in [0.717, 1.165) is 21.2 Å². The quantitative estimate of drug-likeness (QED) is 0.764. The SMILES string of the molecule is CCOC(=O)CC(C)(c1cc2cc(Br)ccc2o1)N(C)C. The minimum absolute atomic E-state index is 0.227. The van der Waals surface area contributed by atoms with Crippen LogP contribution in [0.1, 0.15) is 26.0 Å². The molecule has 5 heteroatoms. The summed E-state index contributed by atoms with van der Waals surface area (Å²) in [6, 6.07) is 7.85. The molecule has 0 aliphatic carbocycles. The molecule has 1 aromatic carbocycles.